The van der Waals surface area contributed by atoms with E-state index in [1.54, 1.807) is 0 Å². The Hall–Kier alpha value is -0.820. The topological polar surface area (TPSA) is 0 Å². The van der Waals surface area contributed by atoms with Gasteiger partial charge in [0.05, 0.1) is 0 Å². The molecule has 84 valence electrons. The molecule has 0 saturated heterocycles. The Bertz CT molecular complexity index is 474. The molecule has 0 aliphatic rings. The van der Waals surface area contributed by atoms with Gasteiger partial charge in [-0.1, -0.05) is 65.7 Å². The molecule has 0 N–H and O–H groups in total. The van der Waals surface area contributed by atoms with Gasteiger partial charge in [0.15, 0.2) is 0 Å². The SMILES string of the molecule is CCCCc1c(CBr)ccc2ccccc12. The van der Waals surface area contributed by atoms with Crippen molar-refractivity contribution in [2.24, 2.45) is 0 Å². The van der Waals surface area contributed by atoms with Gasteiger partial charge in [-0.25, -0.2) is 0 Å². The number of hydrogen-bond acceptors (Lipinski definition) is 0. The minimum atomic E-state index is 0.955. The van der Waals surface area contributed by atoms with Crippen LogP contribution in [0.2, 0.25) is 0 Å². The molecule has 0 aliphatic heterocycles. The van der Waals surface area contributed by atoms with E-state index in [0.717, 1.165) is 5.33 Å². The maximum absolute atomic E-state index is 3.59. The molecule has 0 nitrogen and oxygen atoms in total. The molecule has 0 heterocycles. The van der Waals surface area contributed by atoms with E-state index in [0.29, 0.717) is 0 Å². The predicted molar refractivity (Wildman–Crippen MR) is 75.2 cm³/mol. The zero-order valence-electron chi connectivity index (χ0n) is 9.67. The first kappa shape index (κ1) is 11.7. The first-order valence-corrected chi connectivity index (χ1v) is 7.04. The van der Waals surface area contributed by atoms with Crippen molar-refractivity contribution in [1.29, 1.82) is 0 Å². The minimum Gasteiger partial charge on any atom is -0.0876 e. The van der Waals surface area contributed by atoms with Gasteiger partial charge in [-0.05, 0) is 34.7 Å². The second-order valence-corrected chi connectivity index (χ2v) is 4.72. The average molecular weight is 277 g/mol. The van der Waals surface area contributed by atoms with Gasteiger partial charge in [-0.3, -0.25) is 0 Å². The average Bonchev–Trinajstić information content (AvgIpc) is 2.35. The van der Waals surface area contributed by atoms with E-state index < -0.39 is 0 Å². The van der Waals surface area contributed by atoms with E-state index >= 15 is 0 Å². The molecule has 2 aromatic carbocycles. The summed E-state index contributed by atoms with van der Waals surface area (Å²) in [5.41, 5.74) is 2.96. The van der Waals surface area contributed by atoms with Crippen LogP contribution < -0.4 is 0 Å². The molecule has 0 unspecified atom stereocenters. The van der Waals surface area contributed by atoms with Gasteiger partial charge in [-0.2, -0.15) is 0 Å². The summed E-state index contributed by atoms with van der Waals surface area (Å²) in [5, 5.41) is 3.74. The lowest BCUT2D eigenvalue weighted by Crippen LogP contribution is -1.93. The van der Waals surface area contributed by atoms with Crippen LogP contribution in [0.25, 0.3) is 10.8 Å². The van der Waals surface area contributed by atoms with Gasteiger partial charge >= 0.3 is 0 Å². The molecule has 0 aliphatic carbocycles. The molecular weight excluding hydrogens is 260 g/mol. The minimum absolute atomic E-state index is 0.955. The molecule has 0 atom stereocenters. The Morgan fingerprint density at radius 2 is 1.88 bits per heavy atom. The fourth-order valence-corrected chi connectivity index (χ4v) is 2.68. The van der Waals surface area contributed by atoms with Crippen molar-refractivity contribution in [1.82, 2.24) is 0 Å². The molecule has 0 aromatic heterocycles. The van der Waals surface area contributed by atoms with E-state index in [2.05, 4.69) is 59.3 Å². The van der Waals surface area contributed by atoms with Gasteiger partial charge in [0.2, 0.25) is 0 Å². The Morgan fingerprint density at radius 1 is 1.06 bits per heavy atom. The van der Waals surface area contributed by atoms with Crippen LogP contribution in [0.4, 0.5) is 0 Å². The van der Waals surface area contributed by atoms with Crippen LogP contribution in [0.3, 0.4) is 0 Å². The molecule has 1 heteroatoms. The van der Waals surface area contributed by atoms with Crippen LogP contribution in [-0.4, -0.2) is 0 Å². The third kappa shape index (κ3) is 2.30. The van der Waals surface area contributed by atoms with Crippen molar-refractivity contribution in [3.05, 3.63) is 47.5 Å². The van der Waals surface area contributed by atoms with Crippen molar-refractivity contribution in [2.45, 2.75) is 31.5 Å². The summed E-state index contributed by atoms with van der Waals surface area (Å²) < 4.78 is 0. The lowest BCUT2D eigenvalue weighted by atomic mass is 9.96. The standard InChI is InChI=1S/C15H17Br/c1-2-3-7-15-13(11-16)10-9-12-6-4-5-8-14(12)15/h4-6,8-10H,2-3,7,11H2,1H3. The van der Waals surface area contributed by atoms with Gasteiger partial charge < -0.3 is 0 Å². The maximum atomic E-state index is 3.59. The summed E-state index contributed by atoms with van der Waals surface area (Å²) >= 11 is 3.59. The second-order valence-electron chi connectivity index (χ2n) is 4.16. The highest BCUT2D eigenvalue weighted by Crippen LogP contribution is 2.25. The normalized spacial score (nSPS) is 10.9. The molecular formula is C15H17Br. The van der Waals surface area contributed by atoms with Crippen molar-refractivity contribution in [3.63, 3.8) is 0 Å². The zero-order valence-corrected chi connectivity index (χ0v) is 11.3. The number of benzene rings is 2. The van der Waals surface area contributed by atoms with E-state index in [1.807, 2.05) is 0 Å². The fraction of sp³-hybridized carbons (Fsp3) is 0.333. The number of hydrogen-bond donors (Lipinski definition) is 0. The Kier molecular flexibility index (Phi) is 4.00. The van der Waals surface area contributed by atoms with Crippen molar-refractivity contribution >= 4 is 26.7 Å². The Balaban J connectivity index is 2.54. The second kappa shape index (κ2) is 5.49. The number of fused-ring (bicyclic) bond motifs is 1. The third-order valence-electron chi connectivity index (χ3n) is 3.06. The molecule has 0 spiro atoms. The highest BCUT2D eigenvalue weighted by atomic mass is 79.9. The summed E-state index contributed by atoms with van der Waals surface area (Å²) in [6.07, 6.45) is 3.72. The largest absolute Gasteiger partial charge is 0.0876 e. The highest BCUT2D eigenvalue weighted by Gasteiger charge is 2.05. The molecule has 0 fully saturated rings. The van der Waals surface area contributed by atoms with E-state index in [4.69, 9.17) is 0 Å². The predicted octanol–water partition coefficient (Wildman–Crippen LogP) is 5.08. The summed E-state index contributed by atoms with van der Waals surface area (Å²) in [6.45, 7) is 2.25. The molecule has 0 amide bonds. The number of rotatable bonds is 4. The number of halogens is 1. The smallest absolute Gasteiger partial charge is 0.0286 e. The highest BCUT2D eigenvalue weighted by molar-refractivity contribution is 9.08. The van der Waals surface area contributed by atoms with Crippen molar-refractivity contribution in [2.75, 3.05) is 0 Å². The molecule has 2 rings (SSSR count). The monoisotopic (exact) mass is 276 g/mol. The van der Waals surface area contributed by atoms with Crippen LogP contribution >= 0.6 is 15.9 Å². The van der Waals surface area contributed by atoms with Crippen LogP contribution in [0.1, 0.15) is 30.9 Å². The first-order valence-electron chi connectivity index (χ1n) is 5.92. The molecule has 16 heavy (non-hydrogen) atoms. The fourth-order valence-electron chi connectivity index (χ4n) is 2.16. The summed E-state index contributed by atoms with van der Waals surface area (Å²) in [7, 11) is 0. The van der Waals surface area contributed by atoms with Gasteiger partial charge in [0, 0.05) is 5.33 Å². The number of unbranched alkanes of at least 4 members (excludes halogenated alkanes) is 1. The lowest BCUT2D eigenvalue weighted by molar-refractivity contribution is 0.795. The van der Waals surface area contributed by atoms with Gasteiger partial charge in [-0.15, -0.1) is 0 Å². The van der Waals surface area contributed by atoms with Crippen molar-refractivity contribution in [3.8, 4) is 0 Å². The first-order chi connectivity index (χ1) is 7.86. The number of alkyl halides is 1. The maximum Gasteiger partial charge on any atom is 0.0286 e. The molecule has 0 bridgehead atoms. The summed E-state index contributed by atoms with van der Waals surface area (Å²) in [4.78, 5) is 0. The molecule has 2 aromatic rings. The van der Waals surface area contributed by atoms with E-state index in [1.165, 1.54) is 41.2 Å². The number of aryl methyl sites for hydroxylation is 1. The molecule has 0 saturated carbocycles. The summed E-state index contributed by atoms with van der Waals surface area (Å²) in [5.74, 6) is 0. The van der Waals surface area contributed by atoms with Crippen LogP contribution in [-0.2, 0) is 11.8 Å². The van der Waals surface area contributed by atoms with E-state index in [9.17, 15) is 0 Å². The van der Waals surface area contributed by atoms with Gasteiger partial charge in [0.1, 0.15) is 0 Å². The van der Waals surface area contributed by atoms with Crippen LogP contribution in [0.15, 0.2) is 36.4 Å². The zero-order chi connectivity index (χ0) is 11.4. The van der Waals surface area contributed by atoms with Crippen LogP contribution in [0.5, 0.6) is 0 Å². The third-order valence-corrected chi connectivity index (χ3v) is 3.67. The Labute approximate surface area is 106 Å². The van der Waals surface area contributed by atoms with Crippen molar-refractivity contribution < 1.29 is 0 Å². The quantitative estimate of drug-likeness (QED) is 0.684. The van der Waals surface area contributed by atoms with Gasteiger partial charge in [0.25, 0.3) is 0 Å². The van der Waals surface area contributed by atoms with Crippen LogP contribution in [0, 0.1) is 0 Å². The lowest BCUT2D eigenvalue weighted by Gasteiger charge is -2.11. The van der Waals surface area contributed by atoms with E-state index in [-0.39, 0.29) is 0 Å². The molecule has 0 radical (unpaired) electrons. The summed E-state index contributed by atoms with van der Waals surface area (Å²) in [6, 6.07) is 13.2. The Morgan fingerprint density at radius 3 is 2.62 bits per heavy atom.